The van der Waals surface area contributed by atoms with E-state index in [1.165, 1.54) is 0 Å². The topological polar surface area (TPSA) is 17.1 Å². The summed E-state index contributed by atoms with van der Waals surface area (Å²) in [7, 11) is 0. The van der Waals surface area contributed by atoms with Gasteiger partial charge in [-0.05, 0) is 46.9 Å². The van der Waals surface area contributed by atoms with Crippen LogP contribution in [0.2, 0.25) is 0 Å². The highest BCUT2D eigenvalue weighted by atomic mass is 79.9. The molecule has 0 bridgehead atoms. The van der Waals surface area contributed by atoms with Crippen LogP contribution in [0.15, 0.2) is 35.3 Å². The van der Waals surface area contributed by atoms with E-state index in [2.05, 4.69) is 22.5 Å². The Labute approximate surface area is 107 Å². The van der Waals surface area contributed by atoms with Gasteiger partial charge in [-0.1, -0.05) is 18.2 Å². The molecule has 0 amide bonds. The number of halogens is 3. The van der Waals surface area contributed by atoms with E-state index < -0.39 is 16.5 Å². The first kappa shape index (κ1) is 13.4. The zero-order chi connectivity index (χ0) is 12.3. The molecule has 0 aliphatic rings. The normalized spacial score (nSPS) is 14.2. The maximum absolute atomic E-state index is 13.9. The van der Waals surface area contributed by atoms with Gasteiger partial charge >= 0.3 is 0 Å². The second-order valence-electron chi connectivity index (χ2n) is 3.70. The molecule has 0 N–H and O–H groups in total. The van der Waals surface area contributed by atoms with E-state index in [-0.39, 0.29) is 5.56 Å². The highest BCUT2D eigenvalue weighted by molar-refractivity contribution is 9.10. The first-order chi connectivity index (χ1) is 7.43. The number of hydrogen-bond acceptors (Lipinski definition) is 1. The van der Waals surface area contributed by atoms with E-state index in [1.54, 1.807) is 31.2 Å². The molecule has 0 spiro atoms. The highest BCUT2D eigenvalue weighted by Gasteiger charge is 2.35. The molecule has 4 heteroatoms. The average molecular weight is 306 g/mol. The largest absolute Gasteiger partial charge is 0.280 e. The van der Waals surface area contributed by atoms with Crippen molar-refractivity contribution in [3.05, 3.63) is 46.7 Å². The first-order valence-corrected chi connectivity index (χ1v) is 5.86. The Kier molecular flexibility index (Phi) is 4.28. The lowest BCUT2D eigenvalue weighted by Crippen LogP contribution is -2.29. The lowest BCUT2D eigenvalue weighted by atomic mass is 9.80. The van der Waals surface area contributed by atoms with Crippen molar-refractivity contribution < 1.29 is 9.18 Å². The Morgan fingerprint density at radius 1 is 1.69 bits per heavy atom. The van der Waals surface area contributed by atoms with E-state index in [0.29, 0.717) is 10.9 Å². The average Bonchev–Trinajstić information content (AvgIpc) is 2.22. The van der Waals surface area contributed by atoms with Gasteiger partial charge < -0.3 is 0 Å². The summed E-state index contributed by atoms with van der Waals surface area (Å²) in [6.07, 6.45) is 1.85. The lowest BCUT2D eigenvalue weighted by Gasteiger charge is -2.25. The van der Waals surface area contributed by atoms with Crippen molar-refractivity contribution in [2.45, 2.75) is 18.8 Å². The quantitative estimate of drug-likeness (QED) is 0.602. The minimum Gasteiger partial charge on any atom is -0.280 e. The van der Waals surface area contributed by atoms with Crippen LogP contribution in [0, 0.1) is 5.82 Å². The van der Waals surface area contributed by atoms with Crippen LogP contribution in [0.4, 0.5) is 4.39 Å². The highest BCUT2D eigenvalue weighted by Crippen LogP contribution is 2.34. The van der Waals surface area contributed by atoms with Crippen LogP contribution in [-0.4, -0.2) is 5.24 Å². The fourth-order valence-electron chi connectivity index (χ4n) is 1.51. The summed E-state index contributed by atoms with van der Waals surface area (Å²) in [5.74, 6) is -0.458. The summed E-state index contributed by atoms with van der Waals surface area (Å²) in [6, 6.07) is 4.80. The zero-order valence-corrected chi connectivity index (χ0v) is 11.1. The first-order valence-electron chi connectivity index (χ1n) is 4.69. The molecule has 0 heterocycles. The van der Waals surface area contributed by atoms with Crippen molar-refractivity contribution in [2.75, 3.05) is 0 Å². The number of carbonyl (C=O) groups excluding carboxylic acids is 1. The summed E-state index contributed by atoms with van der Waals surface area (Å²) in [5, 5.41) is -0.593. The predicted molar refractivity (Wildman–Crippen MR) is 67.1 cm³/mol. The molecule has 1 aromatic rings. The number of allylic oxidation sites excluding steroid dienone is 1. The molecular weight excluding hydrogens is 294 g/mol. The molecule has 0 radical (unpaired) electrons. The van der Waals surface area contributed by atoms with E-state index in [4.69, 9.17) is 11.6 Å². The summed E-state index contributed by atoms with van der Waals surface area (Å²) in [4.78, 5) is 11.5. The standard InChI is InChI=1S/C12H11BrClFO/c1-3-7-12(2,11(14)16)8-5-4-6-9(13)10(8)15/h3-6H,1,7H2,2H3. The van der Waals surface area contributed by atoms with Gasteiger partial charge in [0.2, 0.25) is 5.24 Å². The summed E-state index contributed by atoms with van der Waals surface area (Å²) in [6.45, 7) is 5.17. The Morgan fingerprint density at radius 3 is 2.81 bits per heavy atom. The van der Waals surface area contributed by atoms with Crippen LogP contribution in [-0.2, 0) is 10.2 Å². The monoisotopic (exact) mass is 304 g/mol. The maximum atomic E-state index is 13.9. The third kappa shape index (κ3) is 2.36. The number of rotatable bonds is 4. The maximum Gasteiger partial charge on any atom is 0.232 e. The van der Waals surface area contributed by atoms with Crippen molar-refractivity contribution in [2.24, 2.45) is 0 Å². The van der Waals surface area contributed by atoms with Crippen molar-refractivity contribution in [3.8, 4) is 0 Å². The number of hydrogen-bond donors (Lipinski definition) is 0. The minimum absolute atomic E-state index is 0.279. The smallest absolute Gasteiger partial charge is 0.232 e. The molecule has 0 aliphatic carbocycles. The third-order valence-corrected chi connectivity index (χ3v) is 3.56. The molecule has 0 saturated carbocycles. The van der Waals surface area contributed by atoms with Gasteiger partial charge in [0, 0.05) is 5.56 Å². The van der Waals surface area contributed by atoms with E-state index in [1.807, 2.05) is 0 Å². The van der Waals surface area contributed by atoms with Gasteiger partial charge in [0.25, 0.3) is 0 Å². The summed E-state index contributed by atoms with van der Waals surface area (Å²) < 4.78 is 14.2. The fraction of sp³-hybridized carbons (Fsp3) is 0.250. The fourth-order valence-corrected chi connectivity index (χ4v) is 2.06. The van der Waals surface area contributed by atoms with E-state index in [9.17, 15) is 9.18 Å². The molecule has 0 saturated heterocycles. The van der Waals surface area contributed by atoms with Crippen LogP contribution >= 0.6 is 27.5 Å². The molecule has 1 aromatic carbocycles. The predicted octanol–water partition coefficient (Wildman–Crippen LogP) is 4.19. The Bertz CT molecular complexity index is 433. The van der Waals surface area contributed by atoms with Gasteiger partial charge in [0.05, 0.1) is 9.89 Å². The molecule has 86 valence electrons. The van der Waals surface area contributed by atoms with Crippen molar-refractivity contribution in [3.63, 3.8) is 0 Å². The van der Waals surface area contributed by atoms with Crippen molar-refractivity contribution >= 4 is 32.8 Å². The van der Waals surface area contributed by atoms with Crippen LogP contribution in [0.1, 0.15) is 18.9 Å². The van der Waals surface area contributed by atoms with Crippen molar-refractivity contribution in [1.29, 1.82) is 0 Å². The van der Waals surface area contributed by atoms with E-state index >= 15 is 0 Å². The number of benzene rings is 1. The molecule has 1 nitrogen and oxygen atoms in total. The van der Waals surface area contributed by atoms with Crippen LogP contribution in [0.25, 0.3) is 0 Å². The van der Waals surface area contributed by atoms with E-state index in [0.717, 1.165) is 0 Å². The Balaban J connectivity index is 3.37. The second kappa shape index (κ2) is 5.11. The Morgan fingerprint density at radius 2 is 2.31 bits per heavy atom. The molecular formula is C12H11BrClFO. The molecule has 1 rings (SSSR count). The Hall–Kier alpha value is -0.670. The number of carbonyl (C=O) groups is 1. The minimum atomic E-state index is -1.07. The lowest BCUT2D eigenvalue weighted by molar-refractivity contribution is -0.116. The van der Waals surface area contributed by atoms with Crippen LogP contribution < -0.4 is 0 Å². The second-order valence-corrected chi connectivity index (χ2v) is 4.90. The van der Waals surface area contributed by atoms with Crippen LogP contribution in [0.5, 0.6) is 0 Å². The third-order valence-electron chi connectivity index (χ3n) is 2.53. The molecule has 0 aliphatic heterocycles. The van der Waals surface area contributed by atoms with Gasteiger partial charge in [0.15, 0.2) is 0 Å². The molecule has 1 atom stereocenters. The molecule has 0 fully saturated rings. The van der Waals surface area contributed by atoms with Gasteiger partial charge in [0.1, 0.15) is 5.82 Å². The van der Waals surface area contributed by atoms with Crippen LogP contribution in [0.3, 0.4) is 0 Å². The molecule has 0 aromatic heterocycles. The van der Waals surface area contributed by atoms with Gasteiger partial charge in [-0.3, -0.25) is 4.79 Å². The molecule has 1 unspecified atom stereocenters. The van der Waals surface area contributed by atoms with Crippen molar-refractivity contribution in [1.82, 2.24) is 0 Å². The molecule has 16 heavy (non-hydrogen) atoms. The van der Waals surface area contributed by atoms with Gasteiger partial charge in [-0.25, -0.2) is 4.39 Å². The SMILES string of the molecule is C=CCC(C)(C(=O)Cl)c1cccc(Br)c1F. The summed E-state index contributed by atoms with van der Waals surface area (Å²) in [5.41, 5.74) is -0.793. The van der Waals surface area contributed by atoms with Gasteiger partial charge in [-0.15, -0.1) is 6.58 Å². The van der Waals surface area contributed by atoms with Gasteiger partial charge in [-0.2, -0.15) is 0 Å². The summed E-state index contributed by atoms with van der Waals surface area (Å²) >= 11 is 8.64. The zero-order valence-electron chi connectivity index (χ0n) is 8.77.